The van der Waals surface area contributed by atoms with Gasteiger partial charge in [-0.25, -0.2) is 0 Å². The topological polar surface area (TPSA) is 73.2 Å². The first-order chi connectivity index (χ1) is 17.4. The van der Waals surface area contributed by atoms with Crippen molar-refractivity contribution in [2.45, 2.75) is 32.5 Å². The van der Waals surface area contributed by atoms with Gasteiger partial charge in [-0.05, 0) is 44.2 Å². The number of amides is 2. The molecule has 1 aliphatic heterocycles. The van der Waals surface area contributed by atoms with E-state index in [1.807, 2.05) is 61.3 Å². The second-order valence-electron chi connectivity index (χ2n) is 8.99. The summed E-state index contributed by atoms with van der Waals surface area (Å²) in [6, 6.07) is 16.3. The highest BCUT2D eigenvalue weighted by molar-refractivity contribution is 5.97. The van der Waals surface area contributed by atoms with Crippen LogP contribution in [0, 0.1) is 0 Å². The first-order valence-corrected chi connectivity index (χ1v) is 12.0. The van der Waals surface area contributed by atoms with E-state index in [2.05, 4.69) is 4.57 Å². The Morgan fingerprint density at radius 1 is 0.944 bits per heavy atom. The molecular formula is C28H33N3O5. The van der Waals surface area contributed by atoms with Crippen LogP contribution in [0.15, 0.2) is 60.8 Å². The average molecular weight is 492 g/mol. The molecule has 0 fully saturated rings. The molecule has 2 aromatic carbocycles. The van der Waals surface area contributed by atoms with E-state index >= 15 is 0 Å². The maximum atomic E-state index is 13.8. The van der Waals surface area contributed by atoms with Gasteiger partial charge < -0.3 is 28.6 Å². The molecule has 0 radical (unpaired) electrons. The number of carbonyl (C=O) groups excluding carboxylic acids is 2. The van der Waals surface area contributed by atoms with E-state index in [1.165, 1.54) is 14.2 Å². The van der Waals surface area contributed by atoms with Crippen LogP contribution in [-0.4, -0.2) is 66.6 Å². The van der Waals surface area contributed by atoms with Crippen molar-refractivity contribution in [3.05, 3.63) is 77.6 Å². The molecule has 0 saturated carbocycles. The van der Waals surface area contributed by atoms with Gasteiger partial charge in [0.15, 0.2) is 0 Å². The van der Waals surface area contributed by atoms with Crippen LogP contribution in [0.25, 0.3) is 0 Å². The number of aromatic nitrogens is 1. The summed E-state index contributed by atoms with van der Waals surface area (Å²) in [4.78, 5) is 30.8. The van der Waals surface area contributed by atoms with E-state index in [1.54, 1.807) is 30.2 Å². The Morgan fingerprint density at radius 2 is 1.64 bits per heavy atom. The quantitative estimate of drug-likeness (QED) is 0.476. The molecule has 1 unspecified atom stereocenters. The smallest absolute Gasteiger partial charge is 0.254 e. The first kappa shape index (κ1) is 25.2. The van der Waals surface area contributed by atoms with Crippen LogP contribution in [0.4, 0.5) is 0 Å². The number of hydrogen-bond acceptors (Lipinski definition) is 5. The van der Waals surface area contributed by atoms with Crippen LogP contribution in [0.2, 0.25) is 0 Å². The standard InChI is InChI=1S/C28H33N3O5/c1-19(2)31(28(33)20-15-21(34-3)17-22(16-20)35-4)18-26(32)30-14-13-29-12-8-10-24(29)27(30)23-9-6-7-11-25(23)36-5/h6-12,15-17,19,27H,13-14,18H2,1-5H3. The molecule has 1 aromatic heterocycles. The van der Waals surface area contributed by atoms with Crippen LogP contribution >= 0.6 is 0 Å². The molecule has 0 spiro atoms. The van der Waals surface area contributed by atoms with Crippen molar-refractivity contribution in [2.24, 2.45) is 0 Å². The highest BCUT2D eigenvalue weighted by Crippen LogP contribution is 2.37. The van der Waals surface area contributed by atoms with Crippen LogP contribution in [0.5, 0.6) is 17.2 Å². The summed E-state index contributed by atoms with van der Waals surface area (Å²) >= 11 is 0. The zero-order valence-corrected chi connectivity index (χ0v) is 21.4. The van der Waals surface area contributed by atoms with E-state index < -0.39 is 0 Å². The highest BCUT2D eigenvalue weighted by atomic mass is 16.5. The fourth-order valence-electron chi connectivity index (χ4n) is 4.69. The lowest BCUT2D eigenvalue weighted by Crippen LogP contribution is -2.49. The van der Waals surface area contributed by atoms with Crippen molar-refractivity contribution in [3.63, 3.8) is 0 Å². The molecule has 0 bridgehead atoms. The molecule has 0 saturated heterocycles. The monoisotopic (exact) mass is 491 g/mol. The minimum Gasteiger partial charge on any atom is -0.497 e. The molecular weight excluding hydrogens is 458 g/mol. The molecule has 2 amide bonds. The molecule has 190 valence electrons. The lowest BCUT2D eigenvalue weighted by Gasteiger charge is -2.39. The number of rotatable bonds is 8. The Morgan fingerprint density at radius 3 is 2.28 bits per heavy atom. The summed E-state index contributed by atoms with van der Waals surface area (Å²) in [5.41, 5.74) is 2.33. The number of para-hydroxylation sites is 1. The fraction of sp³-hybridized carbons (Fsp3) is 0.357. The van der Waals surface area contributed by atoms with Gasteiger partial charge in [0.05, 0.1) is 21.3 Å². The van der Waals surface area contributed by atoms with Crippen LogP contribution < -0.4 is 14.2 Å². The molecule has 8 nitrogen and oxygen atoms in total. The summed E-state index contributed by atoms with van der Waals surface area (Å²) < 4.78 is 18.5. The zero-order chi connectivity index (χ0) is 25.8. The van der Waals surface area contributed by atoms with Crippen LogP contribution in [-0.2, 0) is 11.3 Å². The third-order valence-electron chi connectivity index (χ3n) is 6.58. The van der Waals surface area contributed by atoms with Gasteiger partial charge in [0.1, 0.15) is 29.8 Å². The van der Waals surface area contributed by atoms with Crippen LogP contribution in [0.1, 0.15) is 41.5 Å². The molecule has 2 heterocycles. The van der Waals surface area contributed by atoms with E-state index in [0.717, 1.165) is 17.0 Å². The van der Waals surface area contributed by atoms with E-state index in [-0.39, 0.29) is 30.4 Å². The molecule has 1 atom stereocenters. The number of ether oxygens (including phenoxy) is 3. The summed E-state index contributed by atoms with van der Waals surface area (Å²) in [6.07, 6.45) is 2.03. The molecule has 36 heavy (non-hydrogen) atoms. The second-order valence-corrected chi connectivity index (χ2v) is 8.99. The Kier molecular flexibility index (Phi) is 7.52. The molecule has 3 aromatic rings. The minimum atomic E-state index is -0.321. The summed E-state index contributed by atoms with van der Waals surface area (Å²) in [7, 11) is 4.71. The van der Waals surface area contributed by atoms with E-state index in [0.29, 0.717) is 30.2 Å². The number of methoxy groups -OCH3 is 3. The Bertz CT molecular complexity index is 1210. The molecule has 0 N–H and O–H groups in total. The van der Waals surface area contributed by atoms with E-state index in [4.69, 9.17) is 14.2 Å². The SMILES string of the molecule is COc1cc(OC)cc(C(=O)N(CC(=O)N2CCn3cccc3C2c2ccccc2OC)C(C)C)c1. The summed E-state index contributed by atoms with van der Waals surface area (Å²) in [5, 5.41) is 0. The summed E-state index contributed by atoms with van der Waals surface area (Å²) in [5.74, 6) is 1.36. The molecule has 1 aliphatic rings. The average Bonchev–Trinajstić information content (AvgIpc) is 3.39. The van der Waals surface area contributed by atoms with Crippen molar-refractivity contribution >= 4 is 11.8 Å². The van der Waals surface area contributed by atoms with E-state index in [9.17, 15) is 9.59 Å². The van der Waals surface area contributed by atoms with Crippen molar-refractivity contribution in [1.29, 1.82) is 0 Å². The normalized spacial score (nSPS) is 14.8. The lowest BCUT2D eigenvalue weighted by atomic mass is 9.98. The van der Waals surface area contributed by atoms with Gasteiger partial charge >= 0.3 is 0 Å². The van der Waals surface area contributed by atoms with Gasteiger partial charge in [0, 0.05) is 48.2 Å². The number of nitrogens with zero attached hydrogens (tertiary/aromatic N) is 3. The van der Waals surface area contributed by atoms with Crippen molar-refractivity contribution in [2.75, 3.05) is 34.4 Å². The predicted molar refractivity (Wildman–Crippen MR) is 137 cm³/mol. The minimum absolute atomic E-state index is 0.0532. The molecule has 0 aliphatic carbocycles. The first-order valence-electron chi connectivity index (χ1n) is 12.0. The number of benzene rings is 2. The fourth-order valence-corrected chi connectivity index (χ4v) is 4.69. The number of fused-ring (bicyclic) bond motifs is 1. The lowest BCUT2D eigenvalue weighted by molar-refractivity contribution is -0.135. The van der Waals surface area contributed by atoms with Crippen molar-refractivity contribution in [3.8, 4) is 17.2 Å². The van der Waals surface area contributed by atoms with Gasteiger partial charge in [0.2, 0.25) is 5.91 Å². The zero-order valence-electron chi connectivity index (χ0n) is 21.4. The van der Waals surface area contributed by atoms with Gasteiger partial charge in [-0.2, -0.15) is 0 Å². The second kappa shape index (κ2) is 10.8. The predicted octanol–water partition coefficient (Wildman–Crippen LogP) is 4.00. The maximum absolute atomic E-state index is 13.8. The molecule has 8 heteroatoms. The Labute approximate surface area is 212 Å². The highest BCUT2D eigenvalue weighted by Gasteiger charge is 2.35. The van der Waals surface area contributed by atoms with Crippen molar-refractivity contribution < 1.29 is 23.8 Å². The maximum Gasteiger partial charge on any atom is 0.254 e. The number of hydrogen-bond donors (Lipinski definition) is 0. The third kappa shape index (κ3) is 4.89. The van der Waals surface area contributed by atoms with Gasteiger partial charge in [-0.3, -0.25) is 9.59 Å². The number of carbonyl (C=O) groups is 2. The van der Waals surface area contributed by atoms with Crippen LogP contribution in [0.3, 0.4) is 0 Å². The Balaban J connectivity index is 1.66. The van der Waals surface area contributed by atoms with Gasteiger partial charge in [-0.15, -0.1) is 0 Å². The Hall–Kier alpha value is -3.94. The largest absolute Gasteiger partial charge is 0.497 e. The third-order valence-corrected chi connectivity index (χ3v) is 6.58. The van der Waals surface area contributed by atoms with Gasteiger partial charge in [-0.1, -0.05) is 18.2 Å². The van der Waals surface area contributed by atoms with Crippen molar-refractivity contribution in [1.82, 2.24) is 14.4 Å². The summed E-state index contributed by atoms with van der Waals surface area (Å²) in [6.45, 7) is 4.96. The van der Waals surface area contributed by atoms with Gasteiger partial charge in [0.25, 0.3) is 5.91 Å². The molecule has 4 rings (SSSR count).